The largest absolute Gasteiger partial charge is 0.497 e. The minimum Gasteiger partial charge on any atom is -0.497 e. The topological polar surface area (TPSA) is 51.9 Å². The fourth-order valence-electron chi connectivity index (χ4n) is 3.51. The molecule has 0 fully saturated rings. The maximum Gasteiger partial charge on any atom is 0.336 e. The van der Waals surface area contributed by atoms with Crippen LogP contribution in [0.3, 0.4) is 0 Å². The number of hydrogen-bond donors (Lipinski definition) is 0. The van der Waals surface area contributed by atoms with Crippen molar-refractivity contribution < 1.29 is 13.9 Å². The smallest absolute Gasteiger partial charge is 0.336 e. The molecule has 2 heterocycles. The van der Waals surface area contributed by atoms with Gasteiger partial charge in [0.25, 0.3) is 0 Å². The van der Waals surface area contributed by atoms with Gasteiger partial charge in [-0.05, 0) is 43.2 Å². The van der Waals surface area contributed by atoms with Crippen molar-refractivity contribution in [1.82, 2.24) is 4.90 Å². The Hall–Kier alpha value is -2.79. The predicted octanol–water partition coefficient (Wildman–Crippen LogP) is 3.77. The Morgan fingerprint density at radius 1 is 1.15 bits per heavy atom. The zero-order chi connectivity index (χ0) is 18.3. The van der Waals surface area contributed by atoms with Crippen molar-refractivity contribution >= 4 is 11.0 Å². The molecule has 26 heavy (non-hydrogen) atoms. The Balaban J connectivity index is 1.64. The van der Waals surface area contributed by atoms with Gasteiger partial charge in [-0.1, -0.05) is 12.1 Å². The SMILES string of the molecule is COc1ccc(CN2COc3c(cc4c(C)cc(=O)oc4c3C)C2)cc1. The highest BCUT2D eigenvalue weighted by Crippen LogP contribution is 2.35. The first-order valence-corrected chi connectivity index (χ1v) is 8.60. The highest BCUT2D eigenvalue weighted by molar-refractivity contribution is 5.86. The van der Waals surface area contributed by atoms with Crippen molar-refractivity contribution in [3.05, 3.63) is 69.1 Å². The zero-order valence-electron chi connectivity index (χ0n) is 15.2. The Bertz CT molecular complexity index is 1020. The number of aryl methyl sites for hydroxylation is 2. The van der Waals surface area contributed by atoms with Gasteiger partial charge in [0.2, 0.25) is 0 Å². The van der Waals surface area contributed by atoms with Crippen molar-refractivity contribution in [2.75, 3.05) is 13.8 Å². The first-order valence-electron chi connectivity index (χ1n) is 8.60. The first-order chi connectivity index (χ1) is 12.5. The van der Waals surface area contributed by atoms with E-state index in [1.165, 1.54) is 11.6 Å². The van der Waals surface area contributed by atoms with Gasteiger partial charge < -0.3 is 13.9 Å². The molecule has 4 rings (SSSR count). The number of benzene rings is 2. The van der Waals surface area contributed by atoms with Gasteiger partial charge in [0, 0.05) is 35.7 Å². The van der Waals surface area contributed by atoms with Gasteiger partial charge >= 0.3 is 5.63 Å². The van der Waals surface area contributed by atoms with Gasteiger partial charge in [-0.3, -0.25) is 4.90 Å². The molecule has 5 nitrogen and oxygen atoms in total. The maximum atomic E-state index is 11.7. The molecule has 0 N–H and O–H groups in total. The van der Waals surface area contributed by atoms with Crippen LogP contribution in [-0.2, 0) is 13.1 Å². The van der Waals surface area contributed by atoms with Crippen LogP contribution in [0.4, 0.5) is 0 Å². The van der Waals surface area contributed by atoms with Gasteiger partial charge in [0.1, 0.15) is 23.8 Å². The van der Waals surface area contributed by atoms with E-state index < -0.39 is 0 Å². The number of ether oxygens (including phenoxy) is 2. The van der Waals surface area contributed by atoms with Crippen LogP contribution in [0, 0.1) is 13.8 Å². The van der Waals surface area contributed by atoms with Gasteiger partial charge in [-0.25, -0.2) is 4.79 Å². The monoisotopic (exact) mass is 351 g/mol. The van der Waals surface area contributed by atoms with Crippen molar-refractivity contribution in [2.24, 2.45) is 0 Å². The standard InChI is InChI=1S/C21H21NO4/c1-13-8-19(23)26-21-14(2)20-16(9-18(13)21)11-22(12-25-20)10-15-4-6-17(24-3)7-5-15/h4-9H,10-12H2,1-3H3. The van der Waals surface area contributed by atoms with Crippen LogP contribution < -0.4 is 15.1 Å². The Morgan fingerprint density at radius 2 is 1.92 bits per heavy atom. The van der Waals surface area contributed by atoms with E-state index in [-0.39, 0.29) is 5.63 Å². The number of rotatable bonds is 3. The molecule has 1 aliphatic heterocycles. The van der Waals surface area contributed by atoms with Crippen LogP contribution in [0.2, 0.25) is 0 Å². The molecule has 3 aromatic rings. The van der Waals surface area contributed by atoms with Gasteiger partial charge in [-0.15, -0.1) is 0 Å². The summed E-state index contributed by atoms with van der Waals surface area (Å²) >= 11 is 0. The van der Waals surface area contributed by atoms with E-state index in [9.17, 15) is 4.79 Å². The average Bonchev–Trinajstić information content (AvgIpc) is 2.63. The molecule has 0 saturated heterocycles. The molecular formula is C21H21NO4. The molecule has 134 valence electrons. The second-order valence-corrected chi connectivity index (χ2v) is 6.72. The summed E-state index contributed by atoms with van der Waals surface area (Å²) in [6, 6.07) is 11.7. The Morgan fingerprint density at radius 3 is 2.65 bits per heavy atom. The van der Waals surface area contributed by atoms with E-state index in [1.807, 2.05) is 26.0 Å². The fourth-order valence-corrected chi connectivity index (χ4v) is 3.51. The van der Waals surface area contributed by atoms with Crippen LogP contribution in [0.5, 0.6) is 11.5 Å². The third-order valence-corrected chi connectivity index (χ3v) is 4.85. The summed E-state index contributed by atoms with van der Waals surface area (Å²) in [4.78, 5) is 13.9. The summed E-state index contributed by atoms with van der Waals surface area (Å²) in [7, 11) is 1.67. The summed E-state index contributed by atoms with van der Waals surface area (Å²) in [6.07, 6.45) is 0. The summed E-state index contributed by atoms with van der Waals surface area (Å²) in [6.45, 7) is 5.97. The number of hydrogen-bond acceptors (Lipinski definition) is 5. The highest BCUT2D eigenvalue weighted by atomic mass is 16.5. The molecule has 0 unspecified atom stereocenters. The van der Waals surface area contributed by atoms with Gasteiger partial charge in [0.05, 0.1) is 7.11 Å². The minimum atomic E-state index is -0.324. The quantitative estimate of drug-likeness (QED) is 0.672. The van der Waals surface area contributed by atoms with E-state index in [4.69, 9.17) is 13.9 Å². The van der Waals surface area contributed by atoms with E-state index in [0.29, 0.717) is 12.3 Å². The van der Waals surface area contributed by atoms with Gasteiger partial charge in [0.15, 0.2) is 0 Å². The normalized spacial score (nSPS) is 14.1. The first kappa shape index (κ1) is 16.7. The van der Waals surface area contributed by atoms with Crippen molar-refractivity contribution in [3.63, 3.8) is 0 Å². The van der Waals surface area contributed by atoms with Crippen LogP contribution >= 0.6 is 0 Å². The minimum absolute atomic E-state index is 0.324. The number of nitrogens with zero attached hydrogens (tertiary/aromatic N) is 1. The van der Waals surface area contributed by atoms with Crippen LogP contribution in [0.1, 0.15) is 22.3 Å². The fraction of sp³-hybridized carbons (Fsp3) is 0.286. The number of fused-ring (bicyclic) bond motifs is 2. The molecule has 1 aliphatic rings. The number of methoxy groups -OCH3 is 1. The molecule has 0 aliphatic carbocycles. The lowest BCUT2D eigenvalue weighted by Crippen LogP contribution is -2.31. The summed E-state index contributed by atoms with van der Waals surface area (Å²) in [5, 5.41) is 0.968. The molecule has 0 spiro atoms. The van der Waals surface area contributed by atoms with Crippen molar-refractivity contribution in [2.45, 2.75) is 26.9 Å². The molecule has 0 radical (unpaired) electrons. The second-order valence-electron chi connectivity index (χ2n) is 6.72. The predicted molar refractivity (Wildman–Crippen MR) is 99.7 cm³/mol. The Labute approximate surface area is 151 Å². The van der Waals surface area contributed by atoms with Crippen molar-refractivity contribution in [3.8, 4) is 11.5 Å². The lowest BCUT2D eigenvalue weighted by atomic mass is 10.0. The lowest BCUT2D eigenvalue weighted by molar-refractivity contribution is 0.0881. The molecule has 0 amide bonds. The van der Waals surface area contributed by atoms with E-state index in [2.05, 4.69) is 23.1 Å². The third kappa shape index (κ3) is 2.95. The summed E-state index contributed by atoms with van der Waals surface area (Å²) in [5.74, 6) is 1.69. The molecule has 1 aromatic heterocycles. The molecule has 0 saturated carbocycles. The van der Waals surface area contributed by atoms with Crippen molar-refractivity contribution in [1.29, 1.82) is 0 Å². The second kappa shape index (κ2) is 6.50. The zero-order valence-corrected chi connectivity index (χ0v) is 15.2. The molecule has 5 heteroatoms. The highest BCUT2D eigenvalue weighted by Gasteiger charge is 2.22. The van der Waals surface area contributed by atoms with E-state index >= 15 is 0 Å². The molecular weight excluding hydrogens is 330 g/mol. The molecule has 0 atom stereocenters. The third-order valence-electron chi connectivity index (χ3n) is 4.85. The van der Waals surface area contributed by atoms with E-state index in [0.717, 1.165) is 46.7 Å². The lowest BCUT2D eigenvalue weighted by Gasteiger charge is -2.30. The Kier molecular flexibility index (Phi) is 4.17. The van der Waals surface area contributed by atoms with Crippen LogP contribution in [0.25, 0.3) is 11.0 Å². The van der Waals surface area contributed by atoms with Crippen LogP contribution in [0.15, 0.2) is 45.6 Å². The van der Waals surface area contributed by atoms with Gasteiger partial charge in [-0.2, -0.15) is 0 Å². The molecule has 0 bridgehead atoms. The maximum absolute atomic E-state index is 11.7. The average molecular weight is 351 g/mol. The summed E-state index contributed by atoms with van der Waals surface area (Å²) < 4.78 is 16.6. The summed E-state index contributed by atoms with van der Waals surface area (Å²) in [5.41, 5.74) is 4.44. The van der Waals surface area contributed by atoms with Crippen LogP contribution in [-0.4, -0.2) is 18.7 Å². The molecule has 2 aromatic carbocycles. The van der Waals surface area contributed by atoms with E-state index in [1.54, 1.807) is 7.11 Å².